The topological polar surface area (TPSA) is 24.6 Å². The monoisotopic (exact) mass is 573 g/mol. The minimum absolute atomic E-state index is 0.627. The van der Waals surface area contributed by atoms with Gasteiger partial charge in [0.2, 0.25) is 0 Å². The standard InChI is InChI=1S/C39H28FN3O/c1-41-24-42(33-16-7-6-15-32(33)41)28-13-9-10-25(22-28)38(40)26-18-19-29-30-20-21-36-37(31-14-5-8-17-35(31)44-36)39(30)43(34(29)23-26)27-11-3-2-4-12-27/h2-23,38H,24H2,1H3. The highest BCUT2D eigenvalue weighted by Gasteiger charge is 2.25. The van der Waals surface area contributed by atoms with Crippen LogP contribution in [0.1, 0.15) is 17.3 Å². The van der Waals surface area contributed by atoms with Crippen molar-refractivity contribution in [3.63, 3.8) is 0 Å². The second kappa shape index (κ2) is 9.48. The van der Waals surface area contributed by atoms with E-state index in [4.69, 9.17) is 4.42 Å². The fourth-order valence-electron chi connectivity index (χ4n) is 6.98. The fourth-order valence-corrected chi connectivity index (χ4v) is 6.98. The Labute approximate surface area is 253 Å². The largest absolute Gasteiger partial charge is 0.456 e. The van der Waals surface area contributed by atoms with Crippen LogP contribution in [0.5, 0.6) is 0 Å². The first-order chi connectivity index (χ1) is 21.7. The first-order valence-electron chi connectivity index (χ1n) is 14.9. The number of furan rings is 1. The molecular formula is C39H28FN3O. The summed E-state index contributed by atoms with van der Waals surface area (Å²) in [6.07, 6.45) is -1.29. The number of fused-ring (bicyclic) bond motifs is 8. The van der Waals surface area contributed by atoms with E-state index in [1.807, 2.05) is 72.8 Å². The van der Waals surface area contributed by atoms with Gasteiger partial charge in [0.1, 0.15) is 11.2 Å². The van der Waals surface area contributed by atoms with E-state index >= 15 is 4.39 Å². The average Bonchev–Trinajstić information content (AvgIpc) is 3.73. The van der Waals surface area contributed by atoms with Crippen LogP contribution in [0.4, 0.5) is 21.5 Å². The molecule has 0 N–H and O–H groups in total. The van der Waals surface area contributed by atoms with Gasteiger partial charge in [0.15, 0.2) is 6.17 Å². The van der Waals surface area contributed by atoms with Crippen LogP contribution in [-0.4, -0.2) is 18.3 Å². The molecule has 0 fully saturated rings. The predicted octanol–water partition coefficient (Wildman–Crippen LogP) is 10.3. The van der Waals surface area contributed by atoms with E-state index in [0.29, 0.717) is 11.1 Å². The Kier molecular flexibility index (Phi) is 5.38. The smallest absolute Gasteiger partial charge is 0.150 e. The Bertz CT molecular complexity index is 2370. The van der Waals surface area contributed by atoms with Crippen molar-refractivity contribution in [2.45, 2.75) is 6.17 Å². The number of hydrogen-bond donors (Lipinski definition) is 0. The molecule has 8 aromatic rings. The van der Waals surface area contributed by atoms with Crippen molar-refractivity contribution >= 4 is 60.8 Å². The van der Waals surface area contributed by atoms with Gasteiger partial charge in [-0.2, -0.15) is 0 Å². The van der Waals surface area contributed by atoms with E-state index < -0.39 is 6.17 Å². The highest BCUT2D eigenvalue weighted by molar-refractivity contribution is 6.24. The number of benzene rings is 6. The van der Waals surface area contributed by atoms with Crippen LogP contribution in [0.2, 0.25) is 0 Å². The molecule has 5 heteroatoms. The van der Waals surface area contributed by atoms with Crippen LogP contribution in [0.25, 0.3) is 49.4 Å². The van der Waals surface area contributed by atoms with Gasteiger partial charge in [0, 0.05) is 34.6 Å². The lowest BCUT2D eigenvalue weighted by Gasteiger charge is -2.21. The van der Waals surface area contributed by atoms with Gasteiger partial charge in [0.25, 0.3) is 0 Å². The zero-order valence-corrected chi connectivity index (χ0v) is 24.1. The molecule has 0 saturated carbocycles. The fraction of sp³-hybridized carbons (Fsp3) is 0.0769. The minimum Gasteiger partial charge on any atom is -0.456 e. The zero-order chi connectivity index (χ0) is 29.4. The number of nitrogens with zero attached hydrogens (tertiary/aromatic N) is 3. The summed E-state index contributed by atoms with van der Waals surface area (Å²) in [7, 11) is 2.09. The Morgan fingerprint density at radius 1 is 0.614 bits per heavy atom. The molecule has 1 unspecified atom stereocenters. The molecule has 6 aromatic carbocycles. The van der Waals surface area contributed by atoms with Gasteiger partial charge >= 0.3 is 0 Å². The van der Waals surface area contributed by atoms with Crippen LogP contribution in [-0.2, 0) is 0 Å². The Hall–Kier alpha value is -5.55. The van der Waals surface area contributed by atoms with Crippen molar-refractivity contribution in [1.82, 2.24) is 4.57 Å². The summed E-state index contributed by atoms with van der Waals surface area (Å²) in [6, 6.07) is 44.9. The second-order valence-electron chi connectivity index (χ2n) is 11.6. The van der Waals surface area contributed by atoms with E-state index in [-0.39, 0.29) is 0 Å². The SMILES string of the molecule is CN1CN(c2cccc(C(F)c3ccc4c5ccc6oc7ccccc7c6c5n(-c5ccccc5)c4c3)c2)c2ccccc21. The number of alkyl halides is 1. The lowest BCUT2D eigenvalue weighted by molar-refractivity contribution is 0.402. The van der Waals surface area contributed by atoms with Crippen LogP contribution in [0, 0.1) is 0 Å². The molecule has 0 amide bonds. The van der Waals surface area contributed by atoms with Crippen molar-refractivity contribution in [2.24, 2.45) is 0 Å². The third kappa shape index (κ3) is 3.62. The minimum atomic E-state index is -1.29. The molecule has 4 nitrogen and oxygen atoms in total. The molecule has 1 aliphatic rings. The number of anilines is 3. The van der Waals surface area contributed by atoms with Gasteiger partial charge in [-0.25, -0.2) is 4.39 Å². The second-order valence-corrected chi connectivity index (χ2v) is 11.6. The summed E-state index contributed by atoms with van der Waals surface area (Å²) < 4.78 is 25.1. The van der Waals surface area contributed by atoms with Crippen molar-refractivity contribution in [3.05, 3.63) is 145 Å². The van der Waals surface area contributed by atoms with Crippen molar-refractivity contribution in [2.75, 3.05) is 23.5 Å². The summed E-state index contributed by atoms with van der Waals surface area (Å²) in [5.41, 5.74) is 9.32. The van der Waals surface area contributed by atoms with Crippen LogP contribution in [0.15, 0.2) is 138 Å². The summed E-state index contributed by atoms with van der Waals surface area (Å²) in [6.45, 7) is 0.722. The lowest BCUT2D eigenvalue weighted by Crippen LogP contribution is -2.24. The molecule has 44 heavy (non-hydrogen) atoms. The number of aromatic nitrogens is 1. The number of para-hydroxylation sites is 4. The average molecular weight is 574 g/mol. The molecule has 0 bridgehead atoms. The lowest BCUT2D eigenvalue weighted by atomic mass is 10.00. The van der Waals surface area contributed by atoms with E-state index in [9.17, 15) is 0 Å². The molecule has 0 spiro atoms. The van der Waals surface area contributed by atoms with Gasteiger partial charge in [-0.3, -0.25) is 0 Å². The van der Waals surface area contributed by atoms with Crippen molar-refractivity contribution in [1.29, 1.82) is 0 Å². The Morgan fingerprint density at radius 3 is 2.23 bits per heavy atom. The molecule has 0 saturated heterocycles. The van der Waals surface area contributed by atoms with Gasteiger partial charge < -0.3 is 18.8 Å². The first-order valence-corrected chi connectivity index (χ1v) is 14.9. The van der Waals surface area contributed by atoms with E-state index in [1.54, 1.807) is 0 Å². The highest BCUT2D eigenvalue weighted by Crippen LogP contribution is 2.43. The van der Waals surface area contributed by atoms with Gasteiger partial charge in [-0.15, -0.1) is 0 Å². The number of halogens is 1. The quantitative estimate of drug-likeness (QED) is 0.209. The van der Waals surface area contributed by atoms with Crippen LogP contribution in [0.3, 0.4) is 0 Å². The van der Waals surface area contributed by atoms with E-state index in [2.05, 4.69) is 82.1 Å². The van der Waals surface area contributed by atoms with Crippen LogP contribution >= 0.6 is 0 Å². The summed E-state index contributed by atoms with van der Waals surface area (Å²) >= 11 is 0. The van der Waals surface area contributed by atoms with E-state index in [0.717, 1.165) is 67.5 Å². The van der Waals surface area contributed by atoms with E-state index in [1.165, 1.54) is 5.69 Å². The van der Waals surface area contributed by atoms with Crippen LogP contribution < -0.4 is 9.80 Å². The zero-order valence-electron chi connectivity index (χ0n) is 24.1. The molecule has 0 radical (unpaired) electrons. The normalized spacial score (nSPS) is 13.9. The molecule has 0 aliphatic carbocycles. The summed E-state index contributed by atoms with van der Waals surface area (Å²) in [5, 5.41) is 4.34. The molecule has 1 aliphatic heterocycles. The van der Waals surface area contributed by atoms with Crippen molar-refractivity contribution < 1.29 is 8.81 Å². The maximum Gasteiger partial charge on any atom is 0.150 e. The third-order valence-electron chi connectivity index (χ3n) is 9.01. The molecule has 1 atom stereocenters. The summed E-state index contributed by atoms with van der Waals surface area (Å²) in [5.74, 6) is 0. The molecule has 212 valence electrons. The van der Waals surface area contributed by atoms with Gasteiger partial charge in [-0.05, 0) is 71.8 Å². The molecule has 3 heterocycles. The summed E-state index contributed by atoms with van der Waals surface area (Å²) in [4.78, 5) is 4.45. The molecular weight excluding hydrogens is 545 g/mol. The van der Waals surface area contributed by atoms with Gasteiger partial charge in [0.05, 0.1) is 34.5 Å². The molecule has 9 rings (SSSR count). The maximum absolute atomic E-state index is 16.6. The highest BCUT2D eigenvalue weighted by atomic mass is 19.1. The number of rotatable bonds is 4. The Balaban J connectivity index is 1.22. The third-order valence-corrected chi connectivity index (χ3v) is 9.01. The maximum atomic E-state index is 16.6. The van der Waals surface area contributed by atoms with Crippen molar-refractivity contribution in [3.8, 4) is 5.69 Å². The Morgan fingerprint density at radius 2 is 1.34 bits per heavy atom. The molecule has 2 aromatic heterocycles. The predicted molar refractivity (Wildman–Crippen MR) is 179 cm³/mol. The first kappa shape index (κ1) is 25.0. The number of hydrogen-bond acceptors (Lipinski definition) is 3. The van der Waals surface area contributed by atoms with Gasteiger partial charge in [-0.1, -0.05) is 72.8 Å².